The number of hydrogen-bond donors (Lipinski definition) is 0. The smallest absolute Gasteiger partial charge is 0.269 e. The van der Waals surface area contributed by atoms with Gasteiger partial charge in [-0.1, -0.05) is 5.16 Å². The Morgan fingerprint density at radius 1 is 1.19 bits per heavy atom. The van der Waals surface area contributed by atoms with Gasteiger partial charge in [-0.25, -0.2) is 0 Å². The van der Waals surface area contributed by atoms with Gasteiger partial charge in [0.2, 0.25) is 0 Å². The number of nitro benzene ring substituents is 1. The number of non-ortho nitro benzene ring substituents is 1. The fourth-order valence-electron chi connectivity index (χ4n) is 2.07. The lowest BCUT2D eigenvalue weighted by atomic mass is 10.0. The molecule has 0 amide bonds. The quantitative estimate of drug-likeness (QED) is 0.526. The Morgan fingerprint density at radius 2 is 1.90 bits per heavy atom. The van der Waals surface area contributed by atoms with Crippen LogP contribution >= 0.6 is 11.6 Å². The number of nitrogens with zero attached hydrogens (tertiary/aromatic N) is 2. The Hall–Kier alpha value is -2.60. The summed E-state index contributed by atoms with van der Waals surface area (Å²) in [5, 5.41) is 14.9. The molecule has 3 rings (SSSR count). The third-order valence-corrected chi connectivity index (χ3v) is 3.24. The van der Waals surface area contributed by atoms with E-state index in [0.29, 0.717) is 17.2 Å². The van der Waals surface area contributed by atoms with Crippen LogP contribution in [-0.4, -0.2) is 10.1 Å². The average molecular weight is 305 g/mol. The average Bonchev–Trinajstić information content (AvgIpc) is 3.05. The molecule has 1 aromatic carbocycles. The fourth-order valence-corrected chi connectivity index (χ4v) is 2.22. The van der Waals surface area contributed by atoms with Crippen molar-refractivity contribution < 1.29 is 13.9 Å². The van der Waals surface area contributed by atoms with Crippen LogP contribution < -0.4 is 0 Å². The second kappa shape index (κ2) is 5.06. The number of hydrogen-bond acceptors (Lipinski definition) is 5. The second-order valence-electron chi connectivity index (χ2n) is 4.37. The van der Waals surface area contributed by atoms with Crippen LogP contribution in [0.4, 0.5) is 5.69 Å². The molecule has 0 saturated carbocycles. The molecule has 0 atom stereocenters. The summed E-state index contributed by atoms with van der Waals surface area (Å²) < 4.78 is 10.5. The zero-order valence-corrected chi connectivity index (χ0v) is 11.6. The third kappa shape index (κ3) is 2.41. The van der Waals surface area contributed by atoms with Gasteiger partial charge in [-0.05, 0) is 48.4 Å². The van der Waals surface area contributed by atoms with Crippen LogP contribution in [0, 0.1) is 17.0 Å². The Balaban J connectivity index is 2.10. The van der Waals surface area contributed by atoms with Gasteiger partial charge in [0, 0.05) is 12.1 Å². The lowest BCUT2D eigenvalue weighted by molar-refractivity contribution is -0.384. The fraction of sp³-hybridized carbons (Fsp3) is 0.0714. The SMILES string of the molecule is Cc1onc(-c2ccc(Cl)o2)c1-c1ccc([N+](=O)[O-])cc1. The molecule has 0 N–H and O–H groups in total. The Kier molecular flexibility index (Phi) is 3.23. The molecule has 2 aromatic heterocycles. The topological polar surface area (TPSA) is 82.3 Å². The minimum atomic E-state index is -0.447. The summed E-state index contributed by atoms with van der Waals surface area (Å²) in [7, 11) is 0. The zero-order chi connectivity index (χ0) is 15.0. The van der Waals surface area contributed by atoms with Crippen LogP contribution in [-0.2, 0) is 0 Å². The molecule has 2 heterocycles. The maximum atomic E-state index is 10.7. The van der Waals surface area contributed by atoms with Crippen LogP contribution in [0.5, 0.6) is 0 Å². The van der Waals surface area contributed by atoms with E-state index >= 15 is 0 Å². The van der Waals surface area contributed by atoms with Gasteiger partial charge in [0.15, 0.2) is 16.7 Å². The number of halogens is 1. The molecule has 0 radical (unpaired) electrons. The van der Waals surface area contributed by atoms with Crippen LogP contribution in [0.3, 0.4) is 0 Å². The first-order chi connectivity index (χ1) is 10.1. The molecular weight excluding hydrogens is 296 g/mol. The lowest BCUT2D eigenvalue weighted by Gasteiger charge is -2.01. The van der Waals surface area contributed by atoms with Crippen LogP contribution in [0.1, 0.15) is 5.76 Å². The summed E-state index contributed by atoms with van der Waals surface area (Å²) >= 11 is 5.77. The van der Waals surface area contributed by atoms with Gasteiger partial charge in [0.25, 0.3) is 5.69 Å². The van der Waals surface area contributed by atoms with E-state index in [1.807, 2.05) is 0 Å². The largest absolute Gasteiger partial charge is 0.443 e. The third-order valence-electron chi connectivity index (χ3n) is 3.04. The molecule has 0 aliphatic rings. The standard InChI is InChI=1S/C14H9ClN2O4/c1-8-13(9-2-4-10(5-3-9)17(18)19)14(16-21-8)11-6-7-12(15)20-11/h2-7H,1H3. The number of aromatic nitrogens is 1. The van der Waals surface area contributed by atoms with Crippen molar-refractivity contribution in [2.24, 2.45) is 0 Å². The molecule has 3 aromatic rings. The highest BCUT2D eigenvalue weighted by molar-refractivity contribution is 6.29. The molecule has 0 aliphatic heterocycles. The summed E-state index contributed by atoms with van der Waals surface area (Å²) in [6.07, 6.45) is 0. The van der Waals surface area contributed by atoms with Gasteiger partial charge >= 0.3 is 0 Å². The Morgan fingerprint density at radius 3 is 2.48 bits per heavy atom. The van der Waals surface area contributed by atoms with Crippen molar-refractivity contribution in [3.05, 3.63) is 57.5 Å². The first-order valence-corrected chi connectivity index (χ1v) is 6.41. The molecular formula is C14H9ClN2O4. The number of nitro groups is 1. The van der Waals surface area contributed by atoms with Crippen molar-refractivity contribution in [3.63, 3.8) is 0 Å². The van der Waals surface area contributed by atoms with E-state index in [1.54, 1.807) is 31.2 Å². The highest BCUT2D eigenvalue weighted by Gasteiger charge is 2.19. The minimum Gasteiger partial charge on any atom is -0.443 e. The first-order valence-electron chi connectivity index (χ1n) is 6.03. The van der Waals surface area contributed by atoms with Crippen LogP contribution in [0.2, 0.25) is 5.22 Å². The lowest BCUT2D eigenvalue weighted by Crippen LogP contribution is -1.88. The zero-order valence-electron chi connectivity index (χ0n) is 10.9. The van der Waals surface area contributed by atoms with Crippen molar-refractivity contribution in [2.45, 2.75) is 6.92 Å². The van der Waals surface area contributed by atoms with E-state index in [0.717, 1.165) is 11.1 Å². The monoisotopic (exact) mass is 304 g/mol. The van der Waals surface area contributed by atoms with Gasteiger partial charge in [0.05, 0.1) is 10.5 Å². The number of benzene rings is 1. The Bertz CT molecular complexity index is 805. The maximum absolute atomic E-state index is 10.7. The van der Waals surface area contributed by atoms with Crippen LogP contribution in [0.15, 0.2) is 45.3 Å². The molecule has 0 saturated heterocycles. The van der Waals surface area contributed by atoms with Crippen molar-refractivity contribution in [2.75, 3.05) is 0 Å². The molecule has 106 valence electrons. The van der Waals surface area contributed by atoms with Crippen molar-refractivity contribution in [1.29, 1.82) is 0 Å². The summed E-state index contributed by atoms with van der Waals surface area (Å²) in [4.78, 5) is 10.3. The Labute approximate surface area is 124 Å². The predicted octanol–water partition coefficient (Wildman–Crippen LogP) is 4.47. The maximum Gasteiger partial charge on any atom is 0.269 e. The number of rotatable bonds is 3. The van der Waals surface area contributed by atoms with Gasteiger partial charge in [0.1, 0.15) is 5.76 Å². The van der Waals surface area contributed by atoms with E-state index < -0.39 is 4.92 Å². The summed E-state index contributed by atoms with van der Waals surface area (Å²) in [6, 6.07) is 9.45. The second-order valence-corrected chi connectivity index (χ2v) is 4.74. The highest BCUT2D eigenvalue weighted by atomic mass is 35.5. The van der Waals surface area contributed by atoms with E-state index in [9.17, 15) is 10.1 Å². The van der Waals surface area contributed by atoms with Crippen molar-refractivity contribution in [3.8, 4) is 22.6 Å². The minimum absolute atomic E-state index is 0.0236. The van der Waals surface area contributed by atoms with Gasteiger partial charge in [-0.2, -0.15) is 0 Å². The highest BCUT2D eigenvalue weighted by Crippen LogP contribution is 2.36. The van der Waals surface area contributed by atoms with Crippen molar-refractivity contribution in [1.82, 2.24) is 5.16 Å². The molecule has 21 heavy (non-hydrogen) atoms. The molecule has 7 heteroatoms. The summed E-state index contributed by atoms with van der Waals surface area (Å²) in [5.41, 5.74) is 2.00. The van der Waals surface area contributed by atoms with Gasteiger partial charge in [-0.15, -0.1) is 0 Å². The van der Waals surface area contributed by atoms with Gasteiger partial charge < -0.3 is 8.94 Å². The molecule has 0 unspecified atom stereocenters. The van der Waals surface area contributed by atoms with Crippen LogP contribution in [0.25, 0.3) is 22.6 Å². The molecule has 0 bridgehead atoms. The molecule has 6 nitrogen and oxygen atoms in total. The summed E-state index contributed by atoms with van der Waals surface area (Å²) in [5.74, 6) is 1.07. The number of aryl methyl sites for hydroxylation is 1. The summed E-state index contributed by atoms with van der Waals surface area (Å²) in [6.45, 7) is 1.76. The molecule has 0 fully saturated rings. The normalized spacial score (nSPS) is 10.8. The molecule has 0 spiro atoms. The number of furan rings is 1. The van der Waals surface area contributed by atoms with E-state index in [1.165, 1.54) is 12.1 Å². The van der Waals surface area contributed by atoms with E-state index in [-0.39, 0.29) is 10.9 Å². The van der Waals surface area contributed by atoms with E-state index in [4.69, 9.17) is 20.5 Å². The first kappa shape index (κ1) is 13.4. The molecule has 0 aliphatic carbocycles. The van der Waals surface area contributed by atoms with Crippen molar-refractivity contribution >= 4 is 17.3 Å². The van der Waals surface area contributed by atoms with E-state index in [2.05, 4.69) is 5.16 Å². The van der Waals surface area contributed by atoms with Gasteiger partial charge in [-0.3, -0.25) is 10.1 Å². The predicted molar refractivity (Wildman–Crippen MR) is 76.0 cm³/mol.